The minimum Gasteiger partial charge on any atom is -0.467 e. The Bertz CT molecular complexity index is 416. The molecule has 0 spiro atoms. The van der Waals surface area contributed by atoms with Gasteiger partial charge in [0.05, 0.1) is 13.7 Å². The molecule has 0 fully saturated rings. The Kier molecular flexibility index (Phi) is 8.18. The fourth-order valence-corrected chi connectivity index (χ4v) is 1.44. The van der Waals surface area contributed by atoms with Crippen molar-refractivity contribution in [2.75, 3.05) is 13.7 Å². The van der Waals surface area contributed by atoms with Gasteiger partial charge in [0.1, 0.15) is 17.7 Å². The number of hydrogen-bond acceptors (Lipinski definition) is 6. The average molecular weight is 316 g/mol. The van der Waals surface area contributed by atoms with E-state index < -0.39 is 42.3 Å². The van der Waals surface area contributed by atoms with Crippen molar-refractivity contribution in [2.45, 2.75) is 44.9 Å². The van der Waals surface area contributed by atoms with Crippen LogP contribution in [0, 0.1) is 0 Å². The van der Waals surface area contributed by atoms with E-state index >= 15 is 0 Å². The Hall–Kier alpha value is -2.09. The predicted molar refractivity (Wildman–Crippen MR) is 79.0 cm³/mol. The number of aliphatic hydroxyl groups is 1. The number of rotatable bonds is 7. The SMILES string of the molecule is C=CC[C@H](NC(=O)[C@H](CO)NC(=O)OC(C)(C)C)C(=O)OC. The first-order chi connectivity index (χ1) is 10.1. The van der Waals surface area contributed by atoms with Crippen LogP contribution in [0.1, 0.15) is 27.2 Å². The van der Waals surface area contributed by atoms with E-state index in [1.165, 1.54) is 13.2 Å². The average Bonchev–Trinajstić information content (AvgIpc) is 2.41. The molecule has 22 heavy (non-hydrogen) atoms. The van der Waals surface area contributed by atoms with Gasteiger partial charge in [-0.2, -0.15) is 0 Å². The van der Waals surface area contributed by atoms with Crippen molar-refractivity contribution in [1.29, 1.82) is 0 Å². The molecule has 0 unspecified atom stereocenters. The zero-order valence-corrected chi connectivity index (χ0v) is 13.3. The van der Waals surface area contributed by atoms with Gasteiger partial charge in [-0.05, 0) is 27.2 Å². The van der Waals surface area contributed by atoms with Gasteiger partial charge in [0, 0.05) is 0 Å². The fraction of sp³-hybridized carbons (Fsp3) is 0.643. The number of nitrogens with one attached hydrogen (secondary N) is 2. The van der Waals surface area contributed by atoms with E-state index in [-0.39, 0.29) is 6.42 Å². The van der Waals surface area contributed by atoms with Crippen molar-refractivity contribution < 1.29 is 29.0 Å². The van der Waals surface area contributed by atoms with E-state index in [4.69, 9.17) is 4.74 Å². The molecular weight excluding hydrogens is 292 g/mol. The van der Waals surface area contributed by atoms with Crippen LogP contribution < -0.4 is 10.6 Å². The van der Waals surface area contributed by atoms with Gasteiger partial charge in [0.25, 0.3) is 0 Å². The Morgan fingerprint density at radius 2 is 1.82 bits per heavy atom. The number of carbonyl (C=O) groups is 3. The second-order valence-corrected chi connectivity index (χ2v) is 5.49. The summed E-state index contributed by atoms with van der Waals surface area (Å²) < 4.78 is 9.54. The van der Waals surface area contributed by atoms with Crippen LogP contribution in [0.5, 0.6) is 0 Å². The highest BCUT2D eigenvalue weighted by Gasteiger charge is 2.27. The van der Waals surface area contributed by atoms with E-state index in [1.54, 1.807) is 20.8 Å². The number of ether oxygens (including phenoxy) is 2. The number of alkyl carbamates (subject to hydrolysis) is 1. The molecule has 2 amide bonds. The Labute approximate surface area is 129 Å². The Morgan fingerprint density at radius 1 is 1.23 bits per heavy atom. The van der Waals surface area contributed by atoms with Crippen LogP contribution in [-0.4, -0.2) is 54.5 Å². The first-order valence-electron chi connectivity index (χ1n) is 6.74. The molecule has 0 bridgehead atoms. The Balaban J connectivity index is 4.72. The van der Waals surface area contributed by atoms with Crippen molar-refractivity contribution in [1.82, 2.24) is 10.6 Å². The molecule has 0 aliphatic heterocycles. The molecule has 0 heterocycles. The van der Waals surface area contributed by atoms with Gasteiger partial charge in [-0.25, -0.2) is 9.59 Å². The number of methoxy groups -OCH3 is 1. The van der Waals surface area contributed by atoms with Gasteiger partial charge >= 0.3 is 12.1 Å². The lowest BCUT2D eigenvalue weighted by molar-refractivity contribution is -0.145. The number of hydrogen-bond donors (Lipinski definition) is 3. The van der Waals surface area contributed by atoms with Gasteiger partial charge < -0.3 is 25.2 Å². The maximum atomic E-state index is 12.0. The Morgan fingerprint density at radius 3 is 2.23 bits per heavy atom. The van der Waals surface area contributed by atoms with Gasteiger partial charge in [-0.15, -0.1) is 6.58 Å². The van der Waals surface area contributed by atoms with E-state index in [0.29, 0.717) is 0 Å². The first kappa shape index (κ1) is 19.9. The summed E-state index contributed by atoms with van der Waals surface area (Å²) in [4.78, 5) is 35.1. The fourth-order valence-electron chi connectivity index (χ4n) is 1.44. The lowest BCUT2D eigenvalue weighted by atomic mass is 10.2. The van der Waals surface area contributed by atoms with Gasteiger partial charge in [-0.1, -0.05) is 6.08 Å². The number of carbonyl (C=O) groups excluding carboxylic acids is 3. The molecule has 0 saturated heterocycles. The molecule has 126 valence electrons. The summed E-state index contributed by atoms with van der Waals surface area (Å²) in [6.45, 7) is 7.83. The molecule has 0 aromatic carbocycles. The van der Waals surface area contributed by atoms with E-state index in [9.17, 15) is 19.5 Å². The highest BCUT2D eigenvalue weighted by Crippen LogP contribution is 2.07. The highest BCUT2D eigenvalue weighted by atomic mass is 16.6. The smallest absolute Gasteiger partial charge is 0.408 e. The van der Waals surface area contributed by atoms with Crippen molar-refractivity contribution in [3.8, 4) is 0 Å². The van der Waals surface area contributed by atoms with Crippen LogP contribution >= 0.6 is 0 Å². The monoisotopic (exact) mass is 316 g/mol. The predicted octanol–water partition coefficient (Wildman–Crippen LogP) is 0.106. The molecule has 8 nitrogen and oxygen atoms in total. The zero-order valence-electron chi connectivity index (χ0n) is 13.3. The number of esters is 1. The summed E-state index contributed by atoms with van der Waals surface area (Å²) in [5.41, 5.74) is -0.738. The minimum absolute atomic E-state index is 0.156. The molecule has 3 N–H and O–H groups in total. The maximum absolute atomic E-state index is 12.0. The largest absolute Gasteiger partial charge is 0.467 e. The normalized spacial score (nSPS) is 13.5. The summed E-state index contributed by atoms with van der Waals surface area (Å²) in [6, 6.07) is -2.18. The third-order valence-electron chi connectivity index (χ3n) is 2.39. The van der Waals surface area contributed by atoms with Crippen LogP contribution in [0.2, 0.25) is 0 Å². The molecule has 8 heteroatoms. The molecule has 0 aliphatic rings. The second kappa shape index (κ2) is 9.04. The summed E-state index contributed by atoms with van der Waals surface area (Å²) in [6.07, 6.45) is 0.750. The molecule has 0 rings (SSSR count). The van der Waals surface area contributed by atoms with E-state index in [2.05, 4.69) is 21.9 Å². The molecule has 2 atom stereocenters. The molecule has 0 aliphatic carbocycles. The van der Waals surface area contributed by atoms with Crippen LogP contribution in [0.4, 0.5) is 4.79 Å². The minimum atomic E-state index is -1.24. The molecule has 0 radical (unpaired) electrons. The van der Waals surface area contributed by atoms with Crippen LogP contribution in [0.3, 0.4) is 0 Å². The van der Waals surface area contributed by atoms with Gasteiger partial charge in [-0.3, -0.25) is 4.79 Å². The van der Waals surface area contributed by atoms with Crippen LogP contribution in [0.25, 0.3) is 0 Å². The summed E-state index contributed by atoms with van der Waals surface area (Å²) >= 11 is 0. The quantitative estimate of drug-likeness (QED) is 0.453. The second-order valence-electron chi connectivity index (χ2n) is 5.49. The molecular formula is C14H24N2O6. The van der Waals surface area contributed by atoms with Gasteiger partial charge in [0.2, 0.25) is 5.91 Å². The maximum Gasteiger partial charge on any atom is 0.408 e. The summed E-state index contributed by atoms with van der Waals surface area (Å²) in [5, 5.41) is 13.8. The van der Waals surface area contributed by atoms with Crippen molar-refractivity contribution in [2.24, 2.45) is 0 Å². The molecule has 0 saturated carbocycles. The van der Waals surface area contributed by atoms with Crippen LogP contribution in [-0.2, 0) is 19.1 Å². The summed E-state index contributed by atoms with van der Waals surface area (Å²) in [5.74, 6) is -1.38. The van der Waals surface area contributed by atoms with Crippen molar-refractivity contribution in [3.05, 3.63) is 12.7 Å². The number of aliphatic hydroxyl groups excluding tert-OH is 1. The molecule has 0 aromatic heterocycles. The van der Waals surface area contributed by atoms with Crippen molar-refractivity contribution in [3.63, 3.8) is 0 Å². The zero-order chi connectivity index (χ0) is 17.3. The third-order valence-corrected chi connectivity index (χ3v) is 2.39. The topological polar surface area (TPSA) is 114 Å². The third kappa shape index (κ3) is 7.63. The van der Waals surface area contributed by atoms with Gasteiger partial charge in [0.15, 0.2) is 0 Å². The lowest BCUT2D eigenvalue weighted by Gasteiger charge is -2.23. The van der Waals surface area contributed by atoms with E-state index in [1.807, 2.05) is 0 Å². The summed E-state index contributed by atoms with van der Waals surface area (Å²) in [7, 11) is 1.19. The van der Waals surface area contributed by atoms with Crippen LogP contribution in [0.15, 0.2) is 12.7 Å². The first-order valence-corrected chi connectivity index (χ1v) is 6.74. The van der Waals surface area contributed by atoms with Crippen molar-refractivity contribution >= 4 is 18.0 Å². The van der Waals surface area contributed by atoms with E-state index in [0.717, 1.165) is 0 Å². The standard InChI is InChI=1S/C14H24N2O6/c1-6-7-9(12(19)21-5)15-11(18)10(8-17)16-13(20)22-14(2,3)4/h6,9-10,17H,1,7-8H2,2-5H3,(H,15,18)(H,16,20)/t9-,10-/m0/s1. The molecule has 0 aromatic rings. The number of amides is 2. The highest BCUT2D eigenvalue weighted by molar-refractivity contribution is 5.89. The lowest BCUT2D eigenvalue weighted by Crippen LogP contribution is -2.53.